The molecule has 0 atom stereocenters. The van der Waals surface area contributed by atoms with E-state index in [-0.39, 0.29) is 16.9 Å². The molecule has 0 saturated heterocycles. The van der Waals surface area contributed by atoms with E-state index in [2.05, 4.69) is 10.6 Å². The fourth-order valence-corrected chi connectivity index (χ4v) is 3.29. The molecule has 1 aliphatic rings. The van der Waals surface area contributed by atoms with E-state index in [0.29, 0.717) is 16.3 Å². The lowest BCUT2D eigenvalue weighted by Crippen LogP contribution is -2.33. The zero-order valence-electron chi connectivity index (χ0n) is 16.2. The molecular formula is C23H14ClF2N3O3. The number of carbonyl (C=O) groups is 3. The van der Waals surface area contributed by atoms with Crippen LogP contribution in [0.15, 0.2) is 83.5 Å². The largest absolute Gasteiger partial charge is 0.350 e. The van der Waals surface area contributed by atoms with E-state index in [0.717, 1.165) is 6.07 Å². The van der Waals surface area contributed by atoms with Gasteiger partial charge >= 0.3 is 0 Å². The lowest BCUT2D eigenvalue weighted by molar-refractivity contribution is -0.120. The topological polar surface area (TPSA) is 78.5 Å². The van der Waals surface area contributed by atoms with E-state index in [1.807, 2.05) is 0 Å². The second-order valence-corrected chi connectivity index (χ2v) is 7.13. The quantitative estimate of drug-likeness (QED) is 0.551. The summed E-state index contributed by atoms with van der Waals surface area (Å²) in [5.41, 5.74) is 0.485. The van der Waals surface area contributed by atoms with Gasteiger partial charge in [-0.1, -0.05) is 29.8 Å². The van der Waals surface area contributed by atoms with Gasteiger partial charge < -0.3 is 10.6 Å². The van der Waals surface area contributed by atoms with Gasteiger partial charge in [-0.25, -0.2) is 13.7 Å². The Morgan fingerprint density at radius 3 is 2.28 bits per heavy atom. The molecule has 9 heteroatoms. The summed E-state index contributed by atoms with van der Waals surface area (Å²) < 4.78 is 27.1. The van der Waals surface area contributed by atoms with Crippen LogP contribution in [0.5, 0.6) is 0 Å². The van der Waals surface area contributed by atoms with Crippen molar-refractivity contribution in [2.75, 3.05) is 15.5 Å². The minimum Gasteiger partial charge on any atom is -0.350 e. The van der Waals surface area contributed by atoms with Crippen molar-refractivity contribution in [3.63, 3.8) is 0 Å². The zero-order chi connectivity index (χ0) is 22.8. The summed E-state index contributed by atoms with van der Waals surface area (Å²) in [6.45, 7) is 0. The van der Waals surface area contributed by atoms with E-state index >= 15 is 0 Å². The molecule has 3 amide bonds. The zero-order valence-corrected chi connectivity index (χ0v) is 17.0. The Hall–Kier alpha value is -4.04. The van der Waals surface area contributed by atoms with Crippen LogP contribution >= 0.6 is 11.6 Å². The highest BCUT2D eigenvalue weighted by atomic mass is 35.5. The number of imide groups is 1. The van der Waals surface area contributed by atoms with Crippen LogP contribution < -0.4 is 15.5 Å². The SMILES string of the molecule is O=C(Nc1ccc(F)cc1)c1cccc(NC2=C(Cl)C(=O)N(c3ccccc3F)C2=O)c1. The normalized spacial score (nSPS) is 13.5. The Morgan fingerprint density at radius 2 is 1.56 bits per heavy atom. The molecule has 32 heavy (non-hydrogen) atoms. The molecule has 160 valence electrons. The number of amides is 3. The molecule has 2 N–H and O–H groups in total. The lowest BCUT2D eigenvalue weighted by atomic mass is 10.1. The van der Waals surface area contributed by atoms with E-state index in [1.165, 1.54) is 54.6 Å². The van der Waals surface area contributed by atoms with Crippen molar-refractivity contribution in [3.05, 3.63) is 101 Å². The number of halogens is 3. The summed E-state index contributed by atoms with van der Waals surface area (Å²) in [4.78, 5) is 38.4. The van der Waals surface area contributed by atoms with Crippen molar-refractivity contribution in [1.29, 1.82) is 0 Å². The summed E-state index contributed by atoms with van der Waals surface area (Å²) in [6.07, 6.45) is 0. The molecule has 1 aliphatic heterocycles. The molecule has 4 rings (SSSR count). The van der Waals surface area contributed by atoms with E-state index in [1.54, 1.807) is 12.1 Å². The molecule has 0 spiro atoms. The van der Waals surface area contributed by atoms with Crippen LogP contribution in [0.3, 0.4) is 0 Å². The molecule has 0 unspecified atom stereocenters. The van der Waals surface area contributed by atoms with Crippen LogP contribution in [-0.4, -0.2) is 17.7 Å². The molecule has 0 aliphatic carbocycles. The van der Waals surface area contributed by atoms with Gasteiger partial charge in [-0.2, -0.15) is 0 Å². The van der Waals surface area contributed by atoms with Crippen LogP contribution in [0, 0.1) is 11.6 Å². The summed E-state index contributed by atoms with van der Waals surface area (Å²) in [7, 11) is 0. The summed E-state index contributed by atoms with van der Waals surface area (Å²) in [5.74, 6) is -3.35. The second-order valence-electron chi connectivity index (χ2n) is 6.75. The Balaban J connectivity index is 1.55. The van der Waals surface area contributed by atoms with Gasteiger partial charge in [0.2, 0.25) is 0 Å². The number of hydrogen-bond acceptors (Lipinski definition) is 4. The maximum Gasteiger partial charge on any atom is 0.283 e. The molecule has 3 aromatic rings. The lowest BCUT2D eigenvalue weighted by Gasteiger charge is -2.15. The maximum absolute atomic E-state index is 14.1. The van der Waals surface area contributed by atoms with Crippen molar-refractivity contribution in [2.45, 2.75) is 0 Å². The predicted molar refractivity (Wildman–Crippen MR) is 116 cm³/mol. The first-order valence-electron chi connectivity index (χ1n) is 9.32. The average molecular weight is 454 g/mol. The minimum absolute atomic E-state index is 0.218. The number of anilines is 3. The predicted octanol–water partition coefficient (Wildman–Crippen LogP) is 4.65. The third kappa shape index (κ3) is 4.08. The second kappa shape index (κ2) is 8.60. The fourth-order valence-electron chi connectivity index (χ4n) is 3.08. The van der Waals surface area contributed by atoms with Crippen LogP contribution in [0.4, 0.5) is 25.8 Å². The van der Waals surface area contributed by atoms with Crippen LogP contribution in [0.25, 0.3) is 0 Å². The summed E-state index contributed by atoms with van der Waals surface area (Å²) in [6, 6.07) is 16.7. The van der Waals surface area contributed by atoms with E-state index in [9.17, 15) is 23.2 Å². The highest BCUT2D eigenvalue weighted by Gasteiger charge is 2.40. The molecule has 0 radical (unpaired) electrons. The number of benzene rings is 3. The molecule has 0 aromatic heterocycles. The van der Waals surface area contributed by atoms with E-state index in [4.69, 9.17) is 11.6 Å². The van der Waals surface area contributed by atoms with Crippen molar-refractivity contribution < 1.29 is 23.2 Å². The third-order valence-electron chi connectivity index (χ3n) is 4.62. The summed E-state index contributed by atoms with van der Waals surface area (Å²) in [5, 5.41) is 4.96. The van der Waals surface area contributed by atoms with Gasteiger partial charge in [0.05, 0.1) is 5.69 Å². The Morgan fingerprint density at radius 1 is 0.844 bits per heavy atom. The molecular weight excluding hydrogens is 440 g/mol. The first-order valence-corrected chi connectivity index (χ1v) is 9.70. The highest BCUT2D eigenvalue weighted by molar-refractivity contribution is 6.53. The first-order chi connectivity index (χ1) is 15.3. The number of hydrogen-bond donors (Lipinski definition) is 2. The number of rotatable bonds is 5. The molecule has 6 nitrogen and oxygen atoms in total. The third-order valence-corrected chi connectivity index (χ3v) is 4.97. The Labute approximate surface area is 186 Å². The number of nitrogens with one attached hydrogen (secondary N) is 2. The van der Waals surface area contributed by atoms with Gasteiger partial charge in [0.25, 0.3) is 17.7 Å². The van der Waals surface area contributed by atoms with Gasteiger partial charge in [0, 0.05) is 16.9 Å². The Bertz CT molecular complexity index is 1280. The van der Waals surface area contributed by atoms with Gasteiger partial charge in [0.15, 0.2) is 0 Å². The first kappa shape index (κ1) is 21.2. The van der Waals surface area contributed by atoms with Crippen molar-refractivity contribution in [1.82, 2.24) is 0 Å². The van der Waals surface area contributed by atoms with Gasteiger partial charge in [0.1, 0.15) is 22.4 Å². The van der Waals surface area contributed by atoms with Crippen LogP contribution in [0.2, 0.25) is 0 Å². The number of nitrogens with zero attached hydrogens (tertiary/aromatic N) is 1. The molecule has 3 aromatic carbocycles. The van der Waals surface area contributed by atoms with Crippen molar-refractivity contribution >= 4 is 46.4 Å². The van der Waals surface area contributed by atoms with Crippen LogP contribution in [0.1, 0.15) is 10.4 Å². The van der Waals surface area contributed by atoms with Gasteiger partial charge in [-0.05, 0) is 54.6 Å². The Kier molecular flexibility index (Phi) is 5.70. The van der Waals surface area contributed by atoms with Gasteiger partial charge in [-0.3, -0.25) is 14.4 Å². The maximum atomic E-state index is 14.1. The molecule has 0 saturated carbocycles. The van der Waals surface area contributed by atoms with Crippen molar-refractivity contribution in [3.8, 4) is 0 Å². The number of carbonyl (C=O) groups excluding carboxylic acids is 3. The van der Waals surface area contributed by atoms with E-state index < -0.39 is 34.4 Å². The fraction of sp³-hybridized carbons (Fsp3) is 0. The number of para-hydroxylation sites is 1. The van der Waals surface area contributed by atoms with Gasteiger partial charge in [-0.15, -0.1) is 0 Å². The molecule has 0 fully saturated rings. The average Bonchev–Trinajstić information content (AvgIpc) is 2.99. The molecule has 0 bridgehead atoms. The molecule has 1 heterocycles. The minimum atomic E-state index is -0.866. The standard InChI is InChI=1S/C23H14ClF2N3O3/c24-19-20(23(32)29(22(19)31)18-7-2-1-6-17(18)26)27-16-5-3-4-13(12-16)21(30)28-15-10-8-14(25)9-11-15/h1-12,27H,(H,28,30). The smallest absolute Gasteiger partial charge is 0.283 e. The van der Waals surface area contributed by atoms with Crippen molar-refractivity contribution in [2.24, 2.45) is 0 Å². The monoisotopic (exact) mass is 453 g/mol. The summed E-state index contributed by atoms with van der Waals surface area (Å²) >= 11 is 6.07. The van der Waals surface area contributed by atoms with Crippen LogP contribution in [-0.2, 0) is 9.59 Å². The highest BCUT2D eigenvalue weighted by Crippen LogP contribution is 2.31.